The fourth-order valence-electron chi connectivity index (χ4n) is 3.18. The molecule has 0 heterocycles. The molecule has 13 heteroatoms. The van der Waals surface area contributed by atoms with Crippen molar-refractivity contribution in [1.82, 2.24) is 0 Å². The quantitative estimate of drug-likeness (QED) is 0.0431. The summed E-state index contributed by atoms with van der Waals surface area (Å²) in [5.74, 6) is 0.132. The van der Waals surface area contributed by atoms with Crippen LogP contribution in [-0.2, 0) is 38.1 Å². The van der Waals surface area contributed by atoms with Gasteiger partial charge in [0.15, 0.2) is 0 Å². The molecule has 0 saturated carbocycles. The summed E-state index contributed by atoms with van der Waals surface area (Å²) in [6.07, 6.45) is 8.77. The van der Waals surface area contributed by atoms with E-state index in [2.05, 4.69) is 23.3 Å². The van der Waals surface area contributed by atoms with Crippen molar-refractivity contribution in [3.05, 3.63) is 0 Å². The minimum absolute atomic E-state index is 0.0200. The number of hydrogen-bond acceptors (Lipinski definition) is 12. The molecular formula is C28H52O10S2Sn. The molecule has 2 unspecified atom stereocenters. The first-order valence-electron chi connectivity index (χ1n) is 14.4. The van der Waals surface area contributed by atoms with Gasteiger partial charge in [0.2, 0.25) is 0 Å². The Morgan fingerprint density at radius 1 is 0.683 bits per heavy atom. The summed E-state index contributed by atoms with van der Waals surface area (Å²) < 4.78 is 40.9. The fraction of sp³-hybridized carbons (Fsp3) is 0.857. The predicted molar refractivity (Wildman–Crippen MR) is 164 cm³/mol. The van der Waals surface area contributed by atoms with Crippen molar-refractivity contribution >= 4 is 69.1 Å². The van der Waals surface area contributed by atoms with E-state index in [0.717, 1.165) is 60.2 Å². The monoisotopic (exact) mass is 732 g/mol. The molecule has 41 heavy (non-hydrogen) atoms. The van der Waals surface area contributed by atoms with Crippen LogP contribution in [0.1, 0.15) is 91.9 Å². The van der Waals surface area contributed by atoms with Crippen molar-refractivity contribution < 1.29 is 47.2 Å². The Balaban J connectivity index is -0.000000529. The van der Waals surface area contributed by atoms with Crippen molar-refractivity contribution in [2.45, 2.75) is 101 Å². The number of methoxy groups -OCH3 is 2. The van der Waals surface area contributed by atoms with Crippen LogP contribution in [0.5, 0.6) is 0 Å². The number of carbonyl (C=O) groups is 4. The first-order valence-corrected chi connectivity index (χ1v) is 20.2. The normalized spacial score (nSPS) is 11.3. The van der Waals surface area contributed by atoms with Crippen LogP contribution >= 0.6 is 24.1 Å². The number of esters is 4. The summed E-state index contributed by atoms with van der Waals surface area (Å²) in [5, 5.41) is 0. The first kappa shape index (κ1) is 44.7. The molecular weight excluding hydrogens is 679 g/mol. The van der Waals surface area contributed by atoms with E-state index in [4.69, 9.17) is 9.47 Å². The van der Waals surface area contributed by atoms with Crippen LogP contribution < -0.4 is 0 Å². The van der Waals surface area contributed by atoms with E-state index in [-0.39, 0.29) is 48.9 Å². The van der Waals surface area contributed by atoms with Gasteiger partial charge in [0.1, 0.15) is 0 Å². The molecule has 2 atom stereocenters. The predicted octanol–water partition coefficient (Wildman–Crippen LogP) is 5.87. The number of carbonyl (C=O) groups excluding carboxylic acids is 4. The summed E-state index contributed by atoms with van der Waals surface area (Å²) in [7, 11) is 2.78. The molecule has 0 aromatic carbocycles. The average Bonchev–Trinajstić information content (AvgIpc) is 2.98. The minimum atomic E-state index is -0.551. The Morgan fingerprint density at radius 2 is 1.05 bits per heavy atom. The summed E-state index contributed by atoms with van der Waals surface area (Å²) in [6, 6.07) is 0. The van der Waals surface area contributed by atoms with E-state index in [1.807, 2.05) is 13.8 Å². The molecule has 0 aromatic heterocycles. The Kier molecular flexibility index (Phi) is 38.7. The maximum absolute atomic E-state index is 11.4. The molecule has 0 aliphatic heterocycles. The van der Waals surface area contributed by atoms with Gasteiger partial charge < -0.3 is 18.6 Å². The van der Waals surface area contributed by atoms with E-state index in [9.17, 15) is 28.3 Å². The third-order valence-corrected chi connectivity index (χ3v) is 9.87. The van der Waals surface area contributed by atoms with Crippen LogP contribution in [0.3, 0.4) is 0 Å². The van der Waals surface area contributed by atoms with Gasteiger partial charge in [0.25, 0.3) is 0 Å². The summed E-state index contributed by atoms with van der Waals surface area (Å²) in [6.45, 7) is 8.68. The summed E-state index contributed by atoms with van der Waals surface area (Å²) in [5.41, 5.74) is 0. The standard InChI is InChI=1S/2C10H20O3S.2C4H7O2.Sn/c2*1-3-5-6-9(4-2)10(11)13-7-8-14-12;2*1-3-4(5)6-2;/h2*9,12H,3-8H2,1-2H3;2*1,3H2,2H3;/q;;;;+2/p-2. The second-order valence-electron chi connectivity index (χ2n) is 8.88. The van der Waals surface area contributed by atoms with Crippen LogP contribution in [0.25, 0.3) is 0 Å². The molecule has 0 N–H and O–H groups in total. The Bertz CT molecular complexity index is 589. The van der Waals surface area contributed by atoms with Gasteiger partial charge >= 0.3 is 100 Å². The Hall–Kier alpha value is -0.701. The van der Waals surface area contributed by atoms with Crippen molar-refractivity contribution in [1.29, 1.82) is 0 Å². The molecule has 0 aromatic rings. The Morgan fingerprint density at radius 3 is 1.32 bits per heavy atom. The number of hydrogen-bond donors (Lipinski definition) is 0. The average molecular weight is 732 g/mol. The molecule has 0 bridgehead atoms. The second kappa shape index (κ2) is 35.5. The molecule has 0 radical (unpaired) electrons. The van der Waals surface area contributed by atoms with Gasteiger partial charge in [0.05, 0.1) is 25.0 Å². The topological polar surface area (TPSA) is 151 Å². The first-order chi connectivity index (χ1) is 19.7. The van der Waals surface area contributed by atoms with Crippen LogP contribution in [0.4, 0.5) is 0 Å². The van der Waals surface area contributed by atoms with Gasteiger partial charge in [-0.2, -0.15) is 0 Å². The molecule has 0 spiro atoms. The van der Waals surface area contributed by atoms with Crippen LogP contribution in [0.15, 0.2) is 0 Å². The molecule has 0 saturated heterocycles. The molecule has 10 nitrogen and oxygen atoms in total. The van der Waals surface area contributed by atoms with Gasteiger partial charge in [-0.05, 0) is 25.7 Å². The molecule has 0 aliphatic carbocycles. The Labute approximate surface area is 266 Å². The zero-order valence-corrected chi connectivity index (χ0v) is 30.4. The van der Waals surface area contributed by atoms with Crippen molar-refractivity contribution in [2.75, 3.05) is 38.9 Å². The van der Waals surface area contributed by atoms with Crippen LogP contribution in [-0.4, -0.2) is 93.1 Å². The van der Waals surface area contributed by atoms with Gasteiger partial charge in [-0.15, -0.1) is 0 Å². The van der Waals surface area contributed by atoms with Gasteiger partial charge in [-0.3, -0.25) is 33.7 Å². The van der Waals surface area contributed by atoms with E-state index in [0.29, 0.717) is 48.4 Å². The summed E-state index contributed by atoms with van der Waals surface area (Å²) >= 11 is 0.356. The number of ether oxygens (including phenoxy) is 4. The zero-order chi connectivity index (χ0) is 31.7. The van der Waals surface area contributed by atoms with Gasteiger partial charge in [0, 0.05) is 11.5 Å². The molecule has 0 aliphatic rings. The SMILES string of the molecule is CCCCC(CC)C(=O)OCCS[O-].CCCCC(CC)C(=O)OCCS[O-].COC(=O)C[CH2][Sn+2][CH2]CC(=O)OC. The third-order valence-electron chi connectivity index (χ3n) is 5.75. The fourth-order valence-corrected chi connectivity index (χ4v) is 6.37. The molecule has 0 amide bonds. The third kappa shape index (κ3) is 32.1. The van der Waals surface area contributed by atoms with E-state index in [1.165, 1.54) is 14.2 Å². The van der Waals surface area contributed by atoms with Crippen molar-refractivity contribution in [2.24, 2.45) is 11.8 Å². The van der Waals surface area contributed by atoms with Gasteiger partial charge in [-0.1, -0.05) is 53.4 Å². The summed E-state index contributed by atoms with van der Waals surface area (Å²) in [4.78, 5) is 44.2. The van der Waals surface area contributed by atoms with Crippen LogP contribution in [0, 0.1) is 11.8 Å². The number of unbranched alkanes of at least 4 members (excludes halogenated alkanes) is 2. The van der Waals surface area contributed by atoms with Crippen LogP contribution in [0.2, 0.25) is 8.87 Å². The number of rotatable bonds is 22. The maximum atomic E-state index is 11.4. The molecule has 0 fully saturated rings. The van der Waals surface area contributed by atoms with E-state index < -0.39 is 21.1 Å². The molecule has 240 valence electrons. The van der Waals surface area contributed by atoms with Gasteiger partial charge in [-0.25, -0.2) is 0 Å². The molecule has 0 rings (SSSR count). The van der Waals surface area contributed by atoms with Crippen molar-refractivity contribution in [3.8, 4) is 0 Å². The van der Waals surface area contributed by atoms with E-state index >= 15 is 0 Å². The second-order valence-corrected chi connectivity index (χ2v) is 14.4. The van der Waals surface area contributed by atoms with Crippen molar-refractivity contribution in [3.63, 3.8) is 0 Å². The zero-order valence-electron chi connectivity index (χ0n) is 25.9. The van der Waals surface area contributed by atoms with E-state index in [1.54, 1.807) is 0 Å².